The van der Waals surface area contributed by atoms with Gasteiger partial charge in [0.15, 0.2) is 11.6 Å². The molecule has 0 unspecified atom stereocenters. The summed E-state index contributed by atoms with van der Waals surface area (Å²) in [4.78, 5) is 25.4. The van der Waals surface area contributed by atoms with Crippen molar-refractivity contribution in [3.05, 3.63) is 101 Å². The number of allylic oxidation sites excluding steroid dienone is 5. The summed E-state index contributed by atoms with van der Waals surface area (Å²) < 4.78 is 0. The van der Waals surface area contributed by atoms with Crippen molar-refractivity contribution in [2.75, 3.05) is 5.75 Å². The summed E-state index contributed by atoms with van der Waals surface area (Å²) in [5, 5.41) is 0. The number of carbonyl (C=O) groups is 2. The van der Waals surface area contributed by atoms with E-state index in [9.17, 15) is 9.59 Å². The molecule has 0 saturated heterocycles. The van der Waals surface area contributed by atoms with Crippen molar-refractivity contribution in [2.45, 2.75) is 32.1 Å². The van der Waals surface area contributed by atoms with Crippen LogP contribution in [0.4, 0.5) is 0 Å². The minimum absolute atomic E-state index is 0.0821. The van der Waals surface area contributed by atoms with Crippen LogP contribution in [0.2, 0.25) is 0 Å². The molecular formula is C26H26O2S. The van der Waals surface area contributed by atoms with E-state index in [-0.39, 0.29) is 11.6 Å². The molecule has 2 nitrogen and oxygen atoms in total. The summed E-state index contributed by atoms with van der Waals surface area (Å²) in [5.74, 6) is 0.812. The third-order valence-electron chi connectivity index (χ3n) is 4.99. The minimum Gasteiger partial charge on any atom is -0.289 e. The molecule has 1 aliphatic rings. The fraction of sp³-hybridized carbons (Fsp3) is 0.231. The van der Waals surface area contributed by atoms with Crippen LogP contribution in [0.3, 0.4) is 0 Å². The van der Waals surface area contributed by atoms with Gasteiger partial charge in [-0.05, 0) is 42.7 Å². The number of hydrogen-bond acceptors (Lipinski definition) is 3. The second-order valence-corrected chi connectivity index (χ2v) is 7.55. The number of rotatable bonds is 9. The topological polar surface area (TPSA) is 34.1 Å². The van der Waals surface area contributed by atoms with Gasteiger partial charge >= 0.3 is 0 Å². The Balaban J connectivity index is 1.58. The zero-order valence-electron chi connectivity index (χ0n) is 16.5. The van der Waals surface area contributed by atoms with Crippen molar-refractivity contribution in [3.8, 4) is 0 Å². The Kier molecular flexibility index (Phi) is 7.83. The van der Waals surface area contributed by atoms with Crippen molar-refractivity contribution in [1.82, 2.24) is 0 Å². The van der Waals surface area contributed by atoms with Crippen LogP contribution in [0.15, 0.2) is 72.8 Å². The average molecular weight is 403 g/mol. The molecular weight excluding hydrogens is 376 g/mol. The van der Waals surface area contributed by atoms with Crippen LogP contribution in [-0.4, -0.2) is 17.3 Å². The van der Waals surface area contributed by atoms with Gasteiger partial charge in [-0.3, -0.25) is 9.59 Å². The van der Waals surface area contributed by atoms with Crippen LogP contribution in [0.1, 0.15) is 69.5 Å². The Morgan fingerprint density at radius 2 is 1.34 bits per heavy atom. The van der Waals surface area contributed by atoms with Gasteiger partial charge in [0.25, 0.3) is 0 Å². The second kappa shape index (κ2) is 10.8. The smallest absolute Gasteiger partial charge is 0.194 e. The van der Waals surface area contributed by atoms with Gasteiger partial charge in [-0.2, -0.15) is 12.6 Å². The predicted molar refractivity (Wildman–Crippen MR) is 124 cm³/mol. The Bertz CT molecular complexity index is 966. The highest BCUT2D eigenvalue weighted by Crippen LogP contribution is 2.28. The first kappa shape index (κ1) is 21.1. The standard InChI is InChI=1S/C26H26O2S/c27-25-21-14-10-11-15-22(21)26(28)24-19-20(16-17-23(24)25)13-9-7-5-3-1-2-4-6-8-12-18-29/h1,3,5,7,9-11,13-17,19,29H,2,4,6,8,12,18H2/b3-1+,7-5+,13-9+. The number of fused-ring (bicyclic) bond motifs is 2. The van der Waals surface area contributed by atoms with Crippen molar-refractivity contribution in [3.63, 3.8) is 0 Å². The summed E-state index contributed by atoms with van der Waals surface area (Å²) >= 11 is 4.22. The Morgan fingerprint density at radius 3 is 2.10 bits per heavy atom. The molecule has 2 aromatic rings. The Morgan fingerprint density at radius 1 is 0.690 bits per heavy atom. The van der Waals surface area contributed by atoms with Crippen LogP contribution in [0.5, 0.6) is 0 Å². The number of benzene rings is 2. The second-order valence-electron chi connectivity index (χ2n) is 7.11. The maximum atomic E-state index is 12.8. The molecule has 3 heteroatoms. The SMILES string of the molecule is O=C1c2ccccc2C(=O)c2cc(/C=C/C=C/C=C/CCCCCCS)ccc21. The molecule has 0 amide bonds. The Hall–Kier alpha value is -2.65. The van der Waals surface area contributed by atoms with Crippen LogP contribution < -0.4 is 0 Å². The van der Waals surface area contributed by atoms with Gasteiger partial charge in [0.2, 0.25) is 0 Å². The number of ketones is 2. The van der Waals surface area contributed by atoms with Crippen LogP contribution in [0.25, 0.3) is 6.08 Å². The molecule has 148 valence electrons. The van der Waals surface area contributed by atoms with E-state index in [1.165, 1.54) is 25.7 Å². The first-order valence-electron chi connectivity index (χ1n) is 10.2. The fourth-order valence-electron chi connectivity index (χ4n) is 3.42. The van der Waals surface area contributed by atoms with Crippen molar-refractivity contribution in [1.29, 1.82) is 0 Å². The van der Waals surface area contributed by atoms with Crippen LogP contribution in [-0.2, 0) is 0 Å². The third-order valence-corrected chi connectivity index (χ3v) is 5.30. The highest BCUT2D eigenvalue weighted by atomic mass is 32.1. The van der Waals surface area contributed by atoms with E-state index in [4.69, 9.17) is 0 Å². The number of hydrogen-bond donors (Lipinski definition) is 1. The highest BCUT2D eigenvalue weighted by Gasteiger charge is 2.28. The molecule has 1 aliphatic carbocycles. The molecule has 0 saturated carbocycles. The van der Waals surface area contributed by atoms with Crippen LogP contribution >= 0.6 is 12.6 Å². The average Bonchev–Trinajstić information content (AvgIpc) is 2.76. The van der Waals surface area contributed by atoms with Crippen LogP contribution in [0, 0.1) is 0 Å². The molecule has 0 heterocycles. The first-order chi connectivity index (χ1) is 14.2. The third kappa shape index (κ3) is 5.45. The lowest BCUT2D eigenvalue weighted by atomic mass is 9.83. The van der Waals surface area contributed by atoms with Crippen molar-refractivity contribution < 1.29 is 9.59 Å². The van der Waals surface area contributed by atoms with Gasteiger partial charge in [-0.15, -0.1) is 0 Å². The summed E-state index contributed by atoms with van der Waals surface area (Å²) in [6.45, 7) is 0. The molecule has 0 atom stereocenters. The van der Waals surface area contributed by atoms with E-state index in [1.807, 2.05) is 30.4 Å². The van der Waals surface area contributed by atoms with Gasteiger partial charge < -0.3 is 0 Å². The number of unbranched alkanes of at least 4 members (excludes halogenated alkanes) is 4. The summed E-state index contributed by atoms with van der Waals surface area (Å²) in [6.07, 6.45) is 18.2. The summed E-state index contributed by atoms with van der Waals surface area (Å²) in [6, 6.07) is 12.4. The molecule has 29 heavy (non-hydrogen) atoms. The number of thiol groups is 1. The van der Waals surface area contributed by atoms with Gasteiger partial charge in [-0.1, -0.05) is 79.6 Å². The molecule has 0 spiro atoms. The largest absolute Gasteiger partial charge is 0.289 e. The van der Waals surface area contributed by atoms with Gasteiger partial charge in [0.05, 0.1) is 0 Å². The monoisotopic (exact) mass is 402 g/mol. The van der Waals surface area contributed by atoms with E-state index in [1.54, 1.807) is 36.4 Å². The maximum absolute atomic E-state index is 12.8. The lowest BCUT2D eigenvalue weighted by Gasteiger charge is -2.17. The molecule has 0 aromatic heterocycles. The van der Waals surface area contributed by atoms with Gasteiger partial charge in [-0.25, -0.2) is 0 Å². The fourth-order valence-corrected chi connectivity index (χ4v) is 3.64. The molecule has 3 rings (SSSR count). The molecule has 0 radical (unpaired) electrons. The summed E-state index contributed by atoms with van der Waals surface area (Å²) in [5.41, 5.74) is 2.85. The highest BCUT2D eigenvalue weighted by molar-refractivity contribution is 7.80. The first-order valence-corrected chi connectivity index (χ1v) is 10.8. The molecule has 0 N–H and O–H groups in total. The maximum Gasteiger partial charge on any atom is 0.194 e. The molecule has 0 fully saturated rings. The van der Waals surface area contributed by atoms with E-state index in [0.29, 0.717) is 22.3 Å². The minimum atomic E-state index is -0.0849. The molecule has 0 bridgehead atoms. The van der Waals surface area contributed by atoms with E-state index in [2.05, 4.69) is 24.8 Å². The quantitative estimate of drug-likeness (QED) is 0.253. The lowest BCUT2D eigenvalue weighted by Crippen LogP contribution is -2.20. The van der Waals surface area contributed by atoms with Gasteiger partial charge in [0, 0.05) is 22.3 Å². The normalized spacial score (nSPS) is 13.6. The van der Waals surface area contributed by atoms with E-state index >= 15 is 0 Å². The van der Waals surface area contributed by atoms with E-state index in [0.717, 1.165) is 17.7 Å². The Labute approximate surface area is 178 Å². The van der Waals surface area contributed by atoms with Gasteiger partial charge in [0.1, 0.15) is 0 Å². The zero-order valence-corrected chi connectivity index (χ0v) is 17.4. The zero-order chi connectivity index (χ0) is 20.5. The van der Waals surface area contributed by atoms with E-state index < -0.39 is 0 Å². The molecule has 0 aliphatic heterocycles. The van der Waals surface area contributed by atoms with Crippen molar-refractivity contribution >= 4 is 30.3 Å². The van der Waals surface area contributed by atoms with Crippen molar-refractivity contribution in [2.24, 2.45) is 0 Å². The lowest BCUT2D eigenvalue weighted by molar-refractivity contribution is 0.0979. The molecule has 2 aromatic carbocycles. The predicted octanol–water partition coefficient (Wildman–Crippen LogP) is 6.47. The number of carbonyl (C=O) groups excluding carboxylic acids is 2. The summed E-state index contributed by atoms with van der Waals surface area (Å²) in [7, 11) is 0.